The Kier molecular flexibility index (Phi) is 5.91. The fourth-order valence-electron chi connectivity index (χ4n) is 5.81. The Bertz CT molecular complexity index is 1160. The molecule has 2 N–H and O–H groups in total. The maximum Gasteiger partial charge on any atom is 0.143 e. The standard InChI is InChI=1S/C26H30ClFN4O/c1-17-4-2-6-20-23(8-7-21(27)25(17)20)33-19-11-26(12-19)14-31(15-26)9-3-5-18-10-24(30)32(16-29)13-22(18)28/h7-8,10,13,16,19,29-30H,1-6,9,11-12,14-15H2. The maximum absolute atomic E-state index is 14.1. The van der Waals surface area contributed by atoms with Gasteiger partial charge in [-0.1, -0.05) is 18.2 Å². The number of hydrogen-bond donors (Lipinski definition) is 2. The lowest BCUT2D eigenvalue weighted by atomic mass is 9.61. The second kappa shape index (κ2) is 8.73. The number of rotatable bonds is 7. The van der Waals surface area contributed by atoms with E-state index in [2.05, 4.69) is 11.5 Å². The molecule has 33 heavy (non-hydrogen) atoms. The summed E-state index contributed by atoms with van der Waals surface area (Å²) in [4.78, 5) is 2.44. The minimum Gasteiger partial charge on any atom is -0.490 e. The second-order valence-electron chi connectivity index (χ2n) is 9.89. The summed E-state index contributed by atoms with van der Waals surface area (Å²) in [5, 5.41) is 15.8. The molecule has 1 saturated carbocycles. The summed E-state index contributed by atoms with van der Waals surface area (Å²) in [6.07, 6.45) is 9.17. The number of aromatic nitrogens is 1. The van der Waals surface area contributed by atoms with Crippen molar-refractivity contribution in [1.82, 2.24) is 9.47 Å². The zero-order chi connectivity index (χ0) is 23.2. The number of nitrogens with one attached hydrogen (secondary N) is 2. The van der Waals surface area contributed by atoms with Gasteiger partial charge in [-0.05, 0) is 80.8 Å². The molecule has 0 amide bonds. The van der Waals surface area contributed by atoms with Crippen molar-refractivity contribution in [3.8, 4) is 5.75 Å². The molecule has 1 spiro atoms. The highest BCUT2D eigenvalue weighted by Gasteiger charge is 2.53. The van der Waals surface area contributed by atoms with Gasteiger partial charge >= 0.3 is 0 Å². The quantitative estimate of drug-likeness (QED) is 0.441. The number of likely N-dealkylation sites (tertiary alicyclic amines) is 1. The summed E-state index contributed by atoms with van der Waals surface area (Å²) < 4.78 is 21.7. The summed E-state index contributed by atoms with van der Waals surface area (Å²) in [6, 6.07) is 5.48. The largest absolute Gasteiger partial charge is 0.490 e. The number of pyridine rings is 1. The predicted octanol–water partition coefficient (Wildman–Crippen LogP) is 5.04. The van der Waals surface area contributed by atoms with Crippen molar-refractivity contribution >= 4 is 23.5 Å². The maximum atomic E-state index is 14.1. The molecule has 2 heterocycles. The van der Waals surface area contributed by atoms with Gasteiger partial charge in [0.25, 0.3) is 0 Å². The van der Waals surface area contributed by atoms with Gasteiger partial charge in [-0.3, -0.25) is 15.4 Å². The van der Waals surface area contributed by atoms with E-state index in [1.807, 2.05) is 12.1 Å². The first-order valence-electron chi connectivity index (χ1n) is 11.7. The van der Waals surface area contributed by atoms with Crippen LogP contribution in [0.2, 0.25) is 5.02 Å². The molecule has 5 rings (SSSR count). The third-order valence-corrected chi connectivity index (χ3v) is 7.73. The third-order valence-electron chi connectivity index (χ3n) is 7.42. The highest BCUT2D eigenvalue weighted by Crippen LogP contribution is 2.50. The average Bonchev–Trinajstić information content (AvgIpc) is 2.74. The van der Waals surface area contributed by atoms with Gasteiger partial charge in [0, 0.05) is 40.9 Å². The van der Waals surface area contributed by atoms with Crippen molar-refractivity contribution in [2.45, 2.75) is 51.0 Å². The molecular weight excluding hydrogens is 439 g/mol. The molecule has 2 aliphatic carbocycles. The minimum absolute atomic E-state index is 0.135. The highest BCUT2D eigenvalue weighted by molar-refractivity contribution is 6.32. The Labute approximate surface area is 198 Å². The average molecular weight is 469 g/mol. The first-order valence-corrected chi connectivity index (χ1v) is 12.1. The van der Waals surface area contributed by atoms with E-state index in [-0.39, 0.29) is 17.4 Å². The van der Waals surface area contributed by atoms with Crippen LogP contribution in [0.25, 0.3) is 5.57 Å². The van der Waals surface area contributed by atoms with Crippen LogP contribution in [-0.2, 0) is 12.8 Å². The molecule has 5 nitrogen and oxygen atoms in total. The number of fused-ring (bicyclic) bond motifs is 1. The fourth-order valence-corrected chi connectivity index (χ4v) is 6.12. The third kappa shape index (κ3) is 4.26. The zero-order valence-corrected chi connectivity index (χ0v) is 19.6. The van der Waals surface area contributed by atoms with E-state index in [0.29, 0.717) is 17.4 Å². The summed E-state index contributed by atoms with van der Waals surface area (Å²) in [7, 11) is 0. The van der Waals surface area contributed by atoms with E-state index in [1.54, 1.807) is 0 Å². The van der Waals surface area contributed by atoms with Gasteiger partial charge in [0.15, 0.2) is 0 Å². The van der Waals surface area contributed by atoms with Gasteiger partial charge in [-0.15, -0.1) is 0 Å². The SMILES string of the molecule is C=C1CCCc2c(OC3CC4(C3)CN(CCCc3cc(=N)n(C=N)cc3F)C4)ccc(Cl)c21. The lowest BCUT2D eigenvalue weighted by Gasteiger charge is -2.58. The van der Waals surface area contributed by atoms with Crippen molar-refractivity contribution in [2.24, 2.45) is 5.41 Å². The number of halogens is 2. The number of nitrogens with zero attached hydrogens (tertiary/aromatic N) is 2. The van der Waals surface area contributed by atoms with E-state index in [1.165, 1.54) is 22.4 Å². The monoisotopic (exact) mass is 468 g/mol. The molecular formula is C26H30ClFN4O. The number of hydrogen-bond acceptors (Lipinski definition) is 4. The van der Waals surface area contributed by atoms with Crippen molar-refractivity contribution in [3.05, 3.63) is 64.0 Å². The van der Waals surface area contributed by atoms with E-state index in [9.17, 15) is 4.39 Å². The molecule has 1 aromatic heterocycles. The Morgan fingerprint density at radius 1 is 1.27 bits per heavy atom. The van der Waals surface area contributed by atoms with Crippen molar-refractivity contribution in [1.29, 1.82) is 10.8 Å². The van der Waals surface area contributed by atoms with Crippen LogP contribution in [0, 0.1) is 22.1 Å². The van der Waals surface area contributed by atoms with Crippen LogP contribution in [0.15, 0.2) is 31.0 Å². The molecule has 0 unspecified atom stereocenters. The van der Waals surface area contributed by atoms with Gasteiger partial charge < -0.3 is 9.64 Å². The molecule has 2 fully saturated rings. The van der Waals surface area contributed by atoms with Crippen LogP contribution < -0.4 is 10.2 Å². The number of ether oxygens (including phenoxy) is 1. The summed E-state index contributed by atoms with van der Waals surface area (Å²) >= 11 is 6.44. The van der Waals surface area contributed by atoms with Crippen molar-refractivity contribution in [2.75, 3.05) is 19.6 Å². The van der Waals surface area contributed by atoms with Gasteiger partial charge in [0.2, 0.25) is 0 Å². The van der Waals surface area contributed by atoms with Crippen LogP contribution >= 0.6 is 11.6 Å². The second-order valence-corrected chi connectivity index (χ2v) is 10.3. The summed E-state index contributed by atoms with van der Waals surface area (Å²) in [5.74, 6) is 0.635. The Balaban J connectivity index is 1.09. The number of benzene rings is 1. The van der Waals surface area contributed by atoms with Gasteiger partial charge in [-0.25, -0.2) is 4.39 Å². The highest BCUT2D eigenvalue weighted by atomic mass is 35.5. The molecule has 0 bridgehead atoms. The smallest absolute Gasteiger partial charge is 0.143 e. The molecule has 0 atom stereocenters. The normalized spacial score (nSPS) is 19.6. The zero-order valence-electron chi connectivity index (χ0n) is 18.8. The number of aryl methyl sites for hydroxylation is 1. The van der Waals surface area contributed by atoms with Crippen LogP contribution in [0.3, 0.4) is 0 Å². The van der Waals surface area contributed by atoms with Crippen LogP contribution in [-0.4, -0.2) is 41.5 Å². The topological polar surface area (TPSA) is 65.1 Å². The van der Waals surface area contributed by atoms with E-state index < -0.39 is 0 Å². The van der Waals surface area contributed by atoms with Crippen LogP contribution in [0.4, 0.5) is 4.39 Å². The molecule has 7 heteroatoms. The van der Waals surface area contributed by atoms with E-state index in [4.69, 9.17) is 27.2 Å². The van der Waals surface area contributed by atoms with Crippen molar-refractivity contribution < 1.29 is 9.13 Å². The Morgan fingerprint density at radius 2 is 2.06 bits per heavy atom. The lowest BCUT2D eigenvalue weighted by molar-refractivity contribution is -0.119. The fraction of sp³-hybridized carbons (Fsp3) is 0.462. The summed E-state index contributed by atoms with van der Waals surface area (Å²) in [6.45, 7) is 7.30. The van der Waals surface area contributed by atoms with Gasteiger partial charge in [0.1, 0.15) is 17.1 Å². The Hall–Kier alpha value is -2.44. The van der Waals surface area contributed by atoms with Crippen LogP contribution in [0.1, 0.15) is 48.8 Å². The van der Waals surface area contributed by atoms with Gasteiger partial charge in [-0.2, -0.15) is 0 Å². The predicted molar refractivity (Wildman–Crippen MR) is 129 cm³/mol. The molecule has 2 aromatic rings. The molecule has 1 aromatic carbocycles. The lowest BCUT2D eigenvalue weighted by Crippen LogP contribution is -2.64. The molecule has 1 saturated heterocycles. The Morgan fingerprint density at radius 3 is 2.82 bits per heavy atom. The molecule has 0 radical (unpaired) electrons. The molecule has 3 aliphatic rings. The van der Waals surface area contributed by atoms with Crippen LogP contribution in [0.5, 0.6) is 5.75 Å². The number of allylic oxidation sites excluding steroid dienone is 1. The van der Waals surface area contributed by atoms with E-state index in [0.717, 1.165) is 86.4 Å². The van der Waals surface area contributed by atoms with Crippen molar-refractivity contribution in [3.63, 3.8) is 0 Å². The van der Waals surface area contributed by atoms with E-state index >= 15 is 0 Å². The first kappa shape index (κ1) is 22.4. The first-order chi connectivity index (χ1) is 15.9. The molecule has 1 aliphatic heterocycles. The molecule has 174 valence electrons. The van der Waals surface area contributed by atoms with Gasteiger partial charge in [0.05, 0.1) is 12.4 Å². The summed E-state index contributed by atoms with van der Waals surface area (Å²) in [5.41, 5.74) is 4.52. The minimum atomic E-state index is -0.346.